The molecule has 0 bridgehead atoms. The lowest BCUT2D eigenvalue weighted by Gasteiger charge is -2.15. The van der Waals surface area contributed by atoms with Gasteiger partial charge in [0, 0.05) is 24.7 Å². The van der Waals surface area contributed by atoms with Crippen molar-refractivity contribution < 1.29 is 17.9 Å². The number of ether oxygens (including phenoxy) is 2. The first-order chi connectivity index (χ1) is 9.94. The largest absolute Gasteiger partial charge is 0.497 e. The van der Waals surface area contributed by atoms with E-state index < -0.39 is 15.3 Å². The molecule has 0 aliphatic carbocycles. The smallest absolute Gasteiger partial charge is 0.215 e. The highest BCUT2D eigenvalue weighted by molar-refractivity contribution is 7.90. The summed E-state index contributed by atoms with van der Waals surface area (Å²) in [5.41, 5.74) is 0.762. The summed E-state index contributed by atoms with van der Waals surface area (Å²) in [6.07, 6.45) is 0. The lowest BCUT2D eigenvalue weighted by molar-refractivity contribution is 0.390. The second-order valence-electron chi connectivity index (χ2n) is 4.66. The van der Waals surface area contributed by atoms with Crippen LogP contribution in [0, 0.1) is 0 Å². The average Bonchev–Trinajstić information content (AvgIpc) is 2.50. The number of methoxy groups -OCH3 is 2. The molecule has 1 rings (SSSR count). The fourth-order valence-corrected chi connectivity index (χ4v) is 2.75. The van der Waals surface area contributed by atoms with Crippen LogP contribution in [0.1, 0.15) is 19.4 Å². The average molecular weight is 316 g/mol. The monoisotopic (exact) mass is 316 g/mol. The number of rotatable bonds is 9. The molecule has 0 saturated heterocycles. The van der Waals surface area contributed by atoms with Gasteiger partial charge in [0.25, 0.3) is 0 Å². The van der Waals surface area contributed by atoms with Gasteiger partial charge in [0.15, 0.2) is 0 Å². The van der Waals surface area contributed by atoms with Crippen LogP contribution in [0.4, 0.5) is 0 Å². The van der Waals surface area contributed by atoms with Crippen molar-refractivity contribution in [1.82, 2.24) is 10.0 Å². The van der Waals surface area contributed by atoms with E-state index in [0.29, 0.717) is 18.0 Å². The molecule has 2 N–H and O–H groups in total. The highest BCUT2D eigenvalue weighted by Gasteiger charge is 2.20. The van der Waals surface area contributed by atoms with E-state index in [1.54, 1.807) is 39.3 Å². The zero-order chi connectivity index (χ0) is 15.9. The minimum Gasteiger partial charge on any atom is -0.497 e. The summed E-state index contributed by atoms with van der Waals surface area (Å²) in [6, 6.07) is 5.29. The van der Waals surface area contributed by atoms with Crippen molar-refractivity contribution in [1.29, 1.82) is 0 Å². The molecule has 1 aromatic rings. The first kappa shape index (κ1) is 17.7. The summed E-state index contributed by atoms with van der Waals surface area (Å²) in [5, 5.41) is 2.53. The van der Waals surface area contributed by atoms with Crippen LogP contribution in [0.15, 0.2) is 18.2 Å². The van der Waals surface area contributed by atoms with E-state index >= 15 is 0 Å². The molecule has 1 aromatic carbocycles. The van der Waals surface area contributed by atoms with E-state index in [0.717, 1.165) is 12.1 Å². The Morgan fingerprint density at radius 1 is 1.24 bits per heavy atom. The third kappa shape index (κ3) is 5.18. The second-order valence-corrected chi connectivity index (χ2v) is 6.85. The Morgan fingerprint density at radius 3 is 2.52 bits per heavy atom. The molecule has 7 heteroatoms. The minimum atomic E-state index is -3.37. The molecule has 0 spiro atoms. The van der Waals surface area contributed by atoms with Crippen molar-refractivity contribution in [3.05, 3.63) is 23.8 Å². The molecule has 0 heterocycles. The number of hydrogen-bond acceptors (Lipinski definition) is 5. The molecular weight excluding hydrogens is 292 g/mol. The van der Waals surface area contributed by atoms with Crippen molar-refractivity contribution in [2.24, 2.45) is 0 Å². The van der Waals surface area contributed by atoms with E-state index in [9.17, 15) is 8.42 Å². The van der Waals surface area contributed by atoms with Crippen molar-refractivity contribution in [2.75, 3.05) is 27.3 Å². The highest BCUT2D eigenvalue weighted by Crippen LogP contribution is 2.24. The van der Waals surface area contributed by atoms with E-state index in [-0.39, 0.29) is 6.54 Å². The third-order valence-corrected chi connectivity index (χ3v) is 4.94. The first-order valence-corrected chi connectivity index (χ1v) is 8.39. The summed E-state index contributed by atoms with van der Waals surface area (Å²) < 4.78 is 37.2. The van der Waals surface area contributed by atoms with Crippen LogP contribution in [-0.2, 0) is 16.6 Å². The van der Waals surface area contributed by atoms with Gasteiger partial charge in [-0.2, -0.15) is 0 Å². The Kier molecular flexibility index (Phi) is 6.94. The van der Waals surface area contributed by atoms with Gasteiger partial charge < -0.3 is 14.8 Å². The van der Waals surface area contributed by atoms with Gasteiger partial charge in [-0.3, -0.25) is 0 Å². The molecule has 6 nitrogen and oxygen atoms in total. The summed E-state index contributed by atoms with van der Waals surface area (Å²) >= 11 is 0. The van der Waals surface area contributed by atoms with Crippen LogP contribution in [0.3, 0.4) is 0 Å². The zero-order valence-corrected chi connectivity index (χ0v) is 13.8. The molecule has 1 atom stereocenters. The molecule has 0 fully saturated rings. The van der Waals surface area contributed by atoms with Crippen LogP contribution in [0.2, 0.25) is 0 Å². The summed E-state index contributed by atoms with van der Waals surface area (Å²) in [6.45, 7) is 4.97. The Balaban J connectivity index is 2.74. The van der Waals surface area contributed by atoms with Gasteiger partial charge in [-0.25, -0.2) is 13.1 Å². The summed E-state index contributed by atoms with van der Waals surface area (Å²) in [4.78, 5) is 0. The minimum absolute atomic E-state index is 0.186. The molecule has 0 saturated carbocycles. The molecule has 0 aliphatic rings. The molecule has 1 unspecified atom stereocenters. The Bertz CT molecular complexity index is 546. The maximum Gasteiger partial charge on any atom is 0.215 e. The fraction of sp³-hybridized carbons (Fsp3) is 0.571. The van der Waals surface area contributed by atoms with E-state index in [2.05, 4.69) is 10.0 Å². The van der Waals surface area contributed by atoms with E-state index in [4.69, 9.17) is 9.47 Å². The van der Waals surface area contributed by atoms with E-state index in [1.165, 1.54) is 0 Å². The Morgan fingerprint density at radius 2 is 1.95 bits per heavy atom. The van der Waals surface area contributed by atoms with Gasteiger partial charge in [0.2, 0.25) is 10.0 Å². The van der Waals surface area contributed by atoms with Gasteiger partial charge in [-0.15, -0.1) is 0 Å². The zero-order valence-electron chi connectivity index (χ0n) is 13.0. The van der Waals surface area contributed by atoms with Crippen LogP contribution < -0.4 is 19.5 Å². The maximum absolute atomic E-state index is 12.1. The predicted molar refractivity (Wildman–Crippen MR) is 83.3 cm³/mol. The van der Waals surface area contributed by atoms with Gasteiger partial charge in [-0.1, -0.05) is 13.0 Å². The highest BCUT2D eigenvalue weighted by atomic mass is 32.2. The van der Waals surface area contributed by atoms with E-state index in [1.807, 2.05) is 6.92 Å². The van der Waals surface area contributed by atoms with Crippen molar-refractivity contribution in [3.63, 3.8) is 0 Å². The Labute approximate surface area is 126 Å². The van der Waals surface area contributed by atoms with Crippen molar-refractivity contribution in [3.8, 4) is 11.5 Å². The van der Waals surface area contributed by atoms with Crippen LogP contribution in [0.5, 0.6) is 11.5 Å². The molecule has 0 radical (unpaired) electrons. The maximum atomic E-state index is 12.1. The van der Waals surface area contributed by atoms with Gasteiger partial charge >= 0.3 is 0 Å². The van der Waals surface area contributed by atoms with Crippen molar-refractivity contribution >= 4 is 10.0 Å². The SMILES string of the molecule is CCNCC(C)S(=O)(=O)NCc1ccc(OC)cc1OC. The molecule has 0 aliphatic heterocycles. The van der Waals surface area contributed by atoms with Gasteiger partial charge in [-0.05, 0) is 19.5 Å². The lowest BCUT2D eigenvalue weighted by Crippen LogP contribution is -2.38. The molecule has 120 valence electrons. The first-order valence-electron chi connectivity index (χ1n) is 6.84. The number of hydrogen-bond donors (Lipinski definition) is 2. The number of benzene rings is 1. The second kappa shape index (κ2) is 8.21. The number of nitrogens with one attached hydrogen (secondary N) is 2. The summed E-state index contributed by atoms with van der Waals surface area (Å²) in [5.74, 6) is 1.26. The Hall–Kier alpha value is -1.31. The van der Waals surface area contributed by atoms with Gasteiger partial charge in [0.1, 0.15) is 11.5 Å². The fourth-order valence-electron chi connectivity index (χ4n) is 1.78. The molecule has 21 heavy (non-hydrogen) atoms. The van der Waals surface area contributed by atoms with Crippen LogP contribution in [-0.4, -0.2) is 41.0 Å². The lowest BCUT2D eigenvalue weighted by atomic mass is 10.2. The predicted octanol–water partition coefficient (Wildman–Crippen LogP) is 1.12. The molecule has 0 aromatic heterocycles. The quantitative estimate of drug-likeness (QED) is 0.714. The molecular formula is C14H24N2O4S. The standard InChI is InChI=1S/C14H24N2O4S/c1-5-15-9-11(2)21(17,18)16-10-12-6-7-13(19-3)8-14(12)20-4/h6-8,11,15-16H,5,9-10H2,1-4H3. The molecule has 0 amide bonds. The third-order valence-electron chi connectivity index (χ3n) is 3.17. The summed E-state index contributed by atoms with van der Waals surface area (Å²) in [7, 11) is -0.259. The normalized spacial score (nSPS) is 13.0. The topological polar surface area (TPSA) is 76.7 Å². The number of sulfonamides is 1. The van der Waals surface area contributed by atoms with Crippen molar-refractivity contribution in [2.45, 2.75) is 25.6 Å². The van der Waals surface area contributed by atoms with Crippen LogP contribution >= 0.6 is 0 Å². The van der Waals surface area contributed by atoms with Gasteiger partial charge in [0.05, 0.1) is 19.5 Å². The van der Waals surface area contributed by atoms with Crippen LogP contribution in [0.25, 0.3) is 0 Å².